The van der Waals surface area contributed by atoms with Crippen LogP contribution in [0.4, 0.5) is 17.8 Å². The Bertz CT molecular complexity index is 848. The lowest BCUT2D eigenvalue weighted by molar-refractivity contribution is -0.167. The van der Waals surface area contributed by atoms with Crippen LogP contribution >= 0.6 is 0 Å². The van der Waals surface area contributed by atoms with Crippen LogP contribution in [0.3, 0.4) is 0 Å². The Hall–Kier alpha value is -2.76. The highest BCUT2D eigenvalue weighted by Crippen LogP contribution is 2.22. The number of anilines is 3. The molecule has 0 amide bonds. The minimum absolute atomic E-state index is 0.0154. The summed E-state index contributed by atoms with van der Waals surface area (Å²) in [6, 6.07) is 0. The molecule has 0 saturated heterocycles. The second kappa shape index (κ2) is 14.8. The van der Waals surface area contributed by atoms with Crippen molar-refractivity contribution in [2.75, 3.05) is 90.6 Å². The van der Waals surface area contributed by atoms with Gasteiger partial charge in [-0.15, -0.1) is 0 Å². The predicted molar refractivity (Wildman–Crippen MR) is 127 cm³/mol. The van der Waals surface area contributed by atoms with Gasteiger partial charge in [0, 0.05) is 7.05 Å². The Kier molecular flexibility index (Phi) is 12.2. The third-order valence-corrected chi connectivity index (χ3v) is 5.28. The molecule has 1 aromatic rings. The van der Waals surface area contributed by atoms with Crippen LogP contribution in [-0.2, 0) is 4.74 Å². The van der Waals surface area contributed by atoms with E-state index < -0.39 is 59.7 Å². The summed E-state index contributed by atoms with van der Waals surface area (Å²) in [5.74, 6) is -0.0938. The first-order valence-electron chi connectivity index (χ1n) is 10.9. The van der Waals surface area contributed by atoms with Crippen LogP contribution in [0.5, 0.6) is 0 Å². The van der Waals surface area contributed by atoms with Gasteiger partial charge in [-0.2, -0.15) is 15.0 Å². The molecule has 1 aliphatic rings. The van der Waals surface area contributed by atoms with Gasteiger partial charge < -0.3 is 56.4 Å². The van der Waals surface area contributed by atoms with E-state index in [0.29, 0.717) is 0 Å². The molecular weight excluding hydrogens is 500 g/mol. The summed E-state index contributed by atoms with van der Waals surface area (Å²) >= 11 is 0. The monoisotopic (exact) mass is 536 g/mol. The number of aliphatic hydroxyl groups excluding tert-OH is 7. The topological polar surface area (TPSA) is 259 Å². The maximum absolute atomic E-state index is 10.1. The maximum atomic E-state index is 10.1. The second-order valence-electron chi connectivity index (χ2n) is 7.62. The highest BCUT2D eigenvalue weighted by atomic mass is 16.5. The Labute approximate surface area is 212 Å². The number of nitrogens with zero attached hydrogens (tertiary/aromatic N) is 10. The van der Waals surface area contributed by atoms with E-state index in [-0.39, 0.29) is 37.3 Å². The first-order chi connectivity index (χ1) is 17.8. The smallest absolute Gasteiger partial charge is 0.235 e. The van der Waals surface area contributed by atoms with Gasteiger partial charge >= 0.3 is 0 Å². The average molecular weight is 537 g/mol. The Morgan fingerprint density at radius 2 is 1.46 bits per heavy atom. The molecule has 212 valence electrons. The maximum Gasteiger partial charge on any atom is 0.235 e. The van der Waals surface area contributed by atoms with Crippen molar-refractivity contribution in [3.8, 4) is 0 Å². The Morgan fingerprint density at radius 3 is 2.00 bits per heavy atom. The molecule has 2 heterocycles. The quantitative estimate of drug-likeness (QED) is 0.0944. The molecule has 0 fully saturated rings. The fourth-order valence-corrected chi connectivity index (χ4v) is 3.57. The van der Waals surface area contributed by atoms with Crippen molar-refractivity contribution >= 4 is 23.8 Å². The fraction of sp³-hybridized carbons (Fsp3) is 0.765. The number of hydrogen-bond donors (Lipinski definition) is 9. The van der Waals surface area contributed by atoms with E-state index in [4.69, 9.17) is 15.6 Å². The first-order valence-corrected chi connectivity index (χ1v) is 10.9. The van der Waals surface area contributed by atoms with Crippen molar-refractivity contribution in [2.45, 2.75) is 12.6 Å². The van der Waals surface area contributed by atoms with Crippen molar-refractivity contribution in [3.63, 3.8) is 0 Å². The number of hydrogen-bond acceptors (Lipinski definition) is 20. The van der Waals surface area contributed by atoms with Crippen molar-refractivity contribution in [2.24, 2.45) is 4.99 Å². The van der Waals surface area contributed by atoms with E-state index in [1.165, 1.54) is 14.7 Å². The lowest BCUT2D eigenvalue weighted by atomic mass is 10.4. The van der Waals surface area contributed by atoms with Gasteiger partial charge in [-0.1, -0.05) is 0 Å². The van der Waals surface area contributed by atoms with Gasteiger partial charge in [0.15, 0.2) is 6.29 Å². The highest BCUT2D eigenvalue weighted by Gasteiger charge is 2.40. The number of ether oxygens (including phenoxy) is 1. The number of aliphatic imine (C=N–C) groups is 1. The van der Waals surface area contributed by atoms with E-state index in [1.54, 1.807) is 23.9 Å². The van der Waals surface area contributed by atoms with Gasteiger partial charge in [-0.3, -0.25) is 9.80 Å². The summed E-state index contributed by atoms with van der Waals surface area (Å²) in [6.45, 7) is -4.28. The molecule has 1 aliphatic heterocycles. The van der Waals surface area contributed by atoms with Crippen LogP contribution in [0.2, 0.25) is 0 Å². The molecule has 0 saturated carbocycles. The first kappa shape index (κ1) is 30.5. The SMILES string of the molecule is CN1C(N(CO)CO)=NC(N(CO)CO)N(C)C1N(CO)COCN(CO)c1nc(N)nc(NCO)n1. The minimum Gasteiger partial charge on any atom is -0.381 e. The van der Waals surface area contributed by atoms with Crippen molar-refractivity contribution < 1.29 is 40.5 Å². The van der Waals surface area contributed by atoms with Crippen molar-refractivity contribution in [1.29, 1.82) is 0 Å². The van der Waals surface area contributed by atoms with Crippen molar-refractivity contribution in [1.82, 2.24) is 39.5 Å². The molecule has 0 aliphatic carbocycles. The van der Waals surface area contributed by atoms with Crippen molar-refractivity contribution in [3.05, 3.63) is 0 Å². The Morgan fingerprint density at radius 1 is 0.838 bits per heavy atom. The van der Waals surface area contributed by atoms with E-state index >= 15 is 0 Å². The average Bonchev–Trinajstić information content (AvgIpc) is 2.88. The lowest BCUT2D eigenvalue weighted by Crippen LogP contribution is -2.68. The number of nitrogen functional groups attached to an aromatic ring is 1. The normalized spacial score (nSPS) is 18.5. The predicted octanol–water partition coefficient (Wildman–Crippen LogP) is -6.04. The number of aromatic nitrogens is 3. The molecule has 0 bridgehead atoms. The summed E-state index contributed by atoms with van der Waals surface area (Å²) in [6.07, 6.45) is -1.75. The summed E-state index contributed by atoms with van der Waals surface area (Å²) < 4.78 is 5.68. The summed E-state index contributed by atoms with van der Waals surface area (Å²) in [5.41, 5.74) is 5.65. The molecule has 37 heavy (non-hydrogen) atoms. The van der Waals surface area contributed by atoms with E-state index in [9.17, 15) is 30.6 Å². The van der Waals surface area contributed by atoms with Gasteiger partial charge in [0.05, 0.1) is 0 Å². The van der Waals surface area contributed by atoms with Gasteiger partial charge in [0.2, 0.25) is 23.8 Å². The number of nitrogens with two attached hydrogens (primary N) is 1. The van der Waals surface area contributed by atoms with E-state index in [2.05, 4.69) is 25.3 Å². The lowest BCUT2D eigenvalue weighted by Gasteiger charge is -2.51. The molecule has 0 aromatic carbocycles. The number of aliphatic hydroxyl groups is 7. The van der Waals surface area contributed by atoms with Crippen LogP contribution in [0.15, 0.2) is 4.99 Å². The number of nitrogens with one attached hydrogen (secondary N) is 1. The molecule has 1 aromatic heterocycles. The summed E-state index contributed by atoms with van der Waals surface area (Å²) in [7, 11) is 3.22. The zero-order valence-corrected chi connectivity index (χ0v) is 20.6. The largest absolute Gasteiger partial charge is 0.381 e. The second-order valence-corrected chi connectivity index (χ2v) is 7.62. The molecule has 2 unspecified atom stereocenters. The third kappa shape index (κ3) is 7.39. The van der Waals surface area contributed by atoms with Crippen LogP contribution in [-0.4, -0.2) is 168 Å². The fourth-order valence-electron chi connectivity index (χ4n) is 3.57. The molecule has 2 atom stereocenters. The van der Waals surface area contributed by atoms with Crippen LogP contribution in [0.25, 0.3) is 0 Å². The van der Waals surface area contributed by atoms with Crippen LogP contribution in [0, 0.1) is 0 Å². The van der Waals surface area contributed by atoms with Gasteiger partial charge in [-0.25, -0.2) is 19.7 Å². The minimum atomic E-state index is -0.944. The number of guanidine groups is 1. The van der Waals surface area contributed by atoms with E-state index in [0.717, 1.165) is 4.90 Å². The molecule has 0 radical (unpaired) electrons. The zero-order chi connectivity index (χ0) is 27.5. The van der Waals surface area contributed by atoms with Gasteiger partial charge in [-0.05, 0) is 7.05 Å². The zero-order valence-electron chi connectivity index (χ0n) is 20.6. The summed E-state index contributed by atoms with van der Waals surface area (Å²) in [5, 5.41) is 70.1. The van der Waals surface area contributed by atoms with Crippen LogP contribution in [0.1, 0.15) is 0 Å². The molecular formula is C17H36N12O8. The molecule has 10 N–H and O–H groups in total. The third-order valence-electron chi connectivity index (χ3n) is 5.28. The van der Waals surface area contributed by atoms with Gasteiger partial charge in [0.25, 0.3) is 0 Å². The van der Waals surface area contributed by atoms with Gasteiger partial charge in [0.1, 0.15) is 66.9 Å². The standard InChI is InChI=1S/C17H36N12O8/c1-24-15(26(4-31)5-32)23-16(27(6-33)7-34)25(2)17(24)29(9-36)11-37-10-28(8-35)14-21-12(18)20-13(22-14)19-3-30/h15,17,30-36H,3-11H2,1-2H3,(H3,18,19,20,21,22). The number of rotatable bonds is 15. The highest BCUT2D eigenvalue weighted by molar-refractivity contribution is 5.80. The molecule has 20 nitrogen and oxygen atoms in total. The molecule has 0 spiro atoms. The van der Waals surface area contributed by atoms with Crippen LogP contribution < -0.4 is 16.0 Å². The molecule has 20 heteroatoms. The Balaban J connectivity index is 2.23. The van der Waals surface area contributed by atoms with E-state index in [1.807, 2.05) is 0 Å². The summed E-state index contributed by atoms with van der Waals surface area (Å²) in [4.78, 5) is 24.3. The molecule has 2 rings (SSSR count).